The number of aromatic nitrogens is 1. The first-order valence-electron chi connectivity index (χ1n) is 6.96. The zero-order chi connectivity index (χ0) is 13.9. The molecule has 1 atom stereocenters. The zero-order valence-electron chi connectivity index (χ0n) is 11.6. The van der Waals surface area contributed by atoms with Gasteiger partial charge in [0, 0.05) is 18.8 Å². The highest BCUT2D eigenvalue weighted by Gasteiger charge is 2.18. The molecule has 0 fully saturated rings. The molecule has 0 saturated heterocycles. The largest absolute Gasteiger partial charge is 0.491 e. The third-order valence-corrected chi connectivity index (χ3v) is 3.51. The third-order valence-electron chi connectivity index (χ3n) is 3.51. The number of benzene rings is 1. The van der Waals surface area contributed by atoms with Crippen molar-refractivity contribution < 1.29 is 4.74 Å². The summed E-state index contributed by atoms with van der Waals surface area (Å²) in [6.45, 7) is 3.62. The molecule has 0 radical (unpaired) electrons. The summed E-state index contributed by atoms with van der Waals surface area (Å²) in [6.07, 6.45) is 2.79. The van der Waals surface area contributed by atoms with Crippen LogP contribution in [0.2, 0.25) is 0 Å². The summed E-state index contributed by atoms with van der Waals surface area (Å²) in [5.41, 5.74) is 8.13. The Hall–Kier alpha value is -2.07. The van der Waals surface area contributed by atoms with Gasteiger partial charge in [-0.05, 0) is 43.2 Å². The Morgan fingerprint density at radius 1 is 1.30 bits per heavy atom. The van der Waals surface area contributed by atoms with E-state index in [1.165, 1.54) is 0 Å². The Balaban J connectivity index is 2.03. The summed E-state index contributed by atoms with van der Waals surface area (Å²) in [6, 6.07) is 12.1. The molecule has 2 N–H and O–H groups in total. The Morgan fingerprint density at radius 3 is 3.00 bits per heavy atom. The van der Waals surface area contributed by atoms with Crippen LogP contribution < -0.4 is 15.4 Å². The lowest BCUT2D eigenvalue weighted by Gasteiger charge is -2.23. The van der Waals surface area contributed by atoms with Gasteiger partial charge in [-0.2, -0.15) is 0 Å². The van der Waals surface area contributed by atoms with E-state index in [2.05, 4.69) is 22.0 Å². The molecule has 0 bridgehead atoms. The number of ether oxygens (including phenoxy) is 1. The number of nitrogens with zero attached hydrogens (tertiary/aromatic N) is 2. The van der Waals surface area contributed by atoms with Gasteiger partial charge < -0.3 is 15.4 Å². The van der Waals surface area contributed by atoms with Gasteiger partial charge in [-0.15, -0.1) is 0 Å². The van der Waals surface area contributed by atoms with Gasteiger partial charge in [0.2, 0.25) is 0 Å². The van der Waals surface area contributed by atoms with Crippen LogP contribution in [0.15, 0.2) is 42.6 Å². The minimum atomic E-state index is 0.00946. The van der Waals surface area contributed by atoms with Crippen LogP contribution in [-0.2, 0) is 0 Å². The first-order chi connectivity index (χ1) is 9.75. The Kier molecular flexibility index (Phi) is 3.56. The van der Waals surface area contributed by atoms with E-state index in [9.17, 15) is 0 Å². The van der Waals surface area contributed by atoms with E-state index in [1.807, 2.05) is 37.4 Å². The molecule has 3 rings (SSSR count). The lowest BCUT2D eigenvalue weighted by atomic mass is 10.1. The predicted molar refractivity (Wildman–Crippen MR) is 80.4 cm³/mol. The van der Waals surface area contributed by atoms with Crippen molar-refractivity contribution in [2.75, 3.05) is 18.1 Å². The molecule has 1 aromatic heterocycles. The Bertz CT molecular complexity index is 598. The molecule has 0 unspecified atom stereocenters. The van der Waals surface area contributed by atoms with Crippen LogP contribution in [0.4, 0.5) is 11.5 Å². The molecule has 0 aliphatic carbocycles. The third kappa shape index (κ3) is 2.47. The van der Waals surface area contributed by atoms with Crippen LogP contribution in [0.3, 0.4) is 0 Å². The van der Waals surface area contributed by atoms with Crippen LogP contribution in [0, 0.1) is 0 Å². The molecule has 20 heavy (non-hydrogen) atoms. The summed E-state index contributed by atoms with van der Waals surface area (Å²) < 4.78 is 5.78. The monoisotopic (exact) mass is 269 g/mol. The molecule has 104 valence electrons. The van der Waals surface area contributed by atoms with Crippen molar-refractivity contribution in [3.05, 3.63) is 48.2 Å². The Morgan fingerprint density at radius 2 is 2.15 bits per heavy atom. The molecule has 1 aliphatic heterocycles. The van der Waals surface area contributed by atoms with Gasteiger partial charge in [-0.25, -0.2) is 4.98 Å². The van der Waals surface area contributed by atoms with E-state index >= 15 is 0 Å². The van der Waals surface area contributed by atoms with E-state index in [0.29, 0.717) is 0 Å². The fourth-order valence-corrected chi connectivity index (χ4v) is 2.43. The van der Waals surface area contributed by atoms with Crippen LogP contribution in [0.5, 0.6) is 5.75 Å². The van der Waals surface area contributed by atoms with Crippen LogP contribution in [-0.4, -0.2) is 18.1 Å². The lowest BCUT2D eigenvalue weighted by Crippen LogP contribution is -2.19. The van der Waals surface area contributed by atoms with Crippen molar-refractivity contribution in [3.63, 3.8) is 0 Å². The summed E-state index contributed by atoms with van der Waals surface area (Å²) in [5, 5.41) is 0. The quantitative estimate of drug-likeness (QED) is 0.910. The topological polar surface area (TPSA) is 51.4 Å². The number of rotatable bonds is 2. The van der Waals surface area contributed by atoms with E-state index in [-0.39, 0.29) is 6.04 Å². The molecule has 0 saturated carbocycles. The number of hydrogen-bond donors (Lipinski definition) is 1. The molecule has 1 aromatic carbocycles. The molecular weight excluding hydrogens is 250 g/mol. The van der Waals surface area contributed by atoms with Crippen molar-refractivity contribution in [2.45, 2.75) is 19.4 Å². The zero-order valence-corrected chi connectivity index (χ0v) is 11.6. The molecule has 4 nitrogen and oxygen atoms in total. The minimum Gasteiger partial charge on any atom is -0.491 e. The van der Waals surface area contributed by atoms with Crippen molar-refractivity contribution in [1.29, 1.82) is 0 Å². The van der Waals surface area contributed by atoms with E-state index in [1.54, 1.807) is 0 Å². The van der Waals surface area contributed by atoms with Crippen molar-refractivity contribution >= 4 is 11.5 Å². The number of para-hydroxylation sites is 2. The van der Waals surface area contributed by atoms with Crippen LogP contribution in [0.1, 0.15) is 24.9 Å². The van der Waals surface area contributed by atoms with Crippen LogP contribution >= 0.6 is 0 Å². The SMILES string of the molecule is C[C@H](N)c1ccnc(N2CCCOc3ccccc32)c1. The van der Waals surface area contributed by atoms with Gasteiger partial charge in [0.05, 0.1) is 12.3 Å². The average molecular weight is 269 g/mol. The first kappa shape index (κ1) is 12.9. The Labute approximate surface area is 119 Å². The summed E-state index contributed by atoms with van der Waals surface area (Å²) in [7, 11) is 0. The maximum absolute atomic E-state index is 5.97. The van der Waals surface area contributed by atoms with E-state index in [0.717, 1.165) is 42.4 Å². The predicted octanol–water partition coefficient (Wildman–Crippen LogP) is 3.02. The molecule has 2 aromatic rings. The van der Waals surface area contributed by atoms with Gasteiger partial charge in [0.1, 0.15) is 11.6 Å². The van der Waals surface area contributed by atoms with Gasteiger partial charge in [-0.3, -0.25) is 0 Å². The molecule has 0 spiro atoms. The summed E-state index contributed by atoms with van der Waals surface area (Å²) >= 11 is 0. The molecule has 2 heterocycles. The van der Waals surface area contributed by atoms with Crippen LogP contribution in [0.25, 0.3) is 0 Å². The maximum Gasteiger partial charge on any atom is 0.142 e. The highest BCUT2D eigenvalue weighted by Crippen LogP contribution is 2.35. The molecule has 1 aliphatic rings. The lowest BCUT2D eigenvalue weighted by molar-refractivity contribution is 0.322. The average Bonchev–Trinajstić information content (AvgIpc) is 2.69. The highest BCUT2D eigenvalue weighted by atomic mass is 16.5. The van der Waals surface area contributed by atoms with Gasteiger partial charge in [0.15, 0.2) is 0 Å². The van der Waals surface area contributed by atoms with Gasteiger partial charge >= 0.3 is 0 Å². The minimum absolute atomic E-state index is 0.00946. The number of fused-ring (bicyclic) bond motifs is 1. The summed E-state index contributed by atoms with van der Waals surface area (Å²) in [5.74, 6) is 1.84. The number of pyridine rings is 1. The number of nitrogens with two attached hydrogens (primary N) is 1. The van der Waals surface area contributed by atoms with Crippen molar-refractivity contribution in [3.8, 4) is 5.75 Å². The first-order valence-corrected chi connectivity index (χ1v) is 6.96. The molecular formula is C16H19N3O. The normalized spacial score (nSPS) is 16.0. The summed E-state index contributed by atoms with van der Waals surface area (Å²) in [4.78, 5) is 6.70. The van der Waals surface area contributed by atoms with E-state index < -0.39 is 0 Å². The maximum atomic E-state index is 5.97. The van der Waals surface area contributed by atoms with Crippen molar-refractivity contribution in [2.24, 2.45) is 5.73 Å². The fourth-order valence-electron chi connectivity index (χ4n) is 2.43. The second-order valence-corrected chi connectivity index (χ2v) is 5.06. The number of hydrogen-bond acceptors (Lipinski definition) is 4. The second-order valence-electron chi connectivity index (χ2n) is 5.06. The van der Waals surface area contributed by atoms with Gasteiger partial charge in [-0.1, -0.05) is 12.1 Å². The van der Waals surface area contributed by atoms with Crippen molar-refractivity contribution in [1.82, 2.24) is 4.98 Å². The second kappa shape index (κ2) is 5.51. The molecule has 4 heteroatoms. The standard InChI is InChI=1S/C16H19N3O/c1-12(17)13-7-8-18-16(11-13)19-9-4-10-20-15-6-3-2-5-14(15)19/h2-3,5-8,11-12H,4,9-10,17H2,1H3/t12-/m0/s1. The molecule has 0 amide bonds. The fraction of sp³-hybridized carbons (Fsp3) is 0.312. The van der Waals surface area contributed by atoms with Gasteiger partial charge in [0.25, 0.3) is 0 Å². The smallest absolute Gasteiger partial charge is 0.142 e. The highest BCUT2D eigenvalue weighted by molar-refractivity contribution is 5.67. The van der Waals surface area contributed by atoms with E-state index in [4.69, 9.17) is 10.5 Å². The number of anilines is 2.